The third kappa shape index (κ3) is 7.36. The van der Waals surface area contributed by atoms with Crippen LogP contribution in [0.25, 0.3) is 11.1 Å². The highest BCUT2D eigenvalue weighted by Gasteiger charge is 2.35. The second kappa shape index (κ2) is 12.2. The molecule has 43 heavy (non-hydrogen) atoms. The van der Waals surface area contributed by atoms with Crippen molar-refractivity contribution in [2.75, 3.05) is 18.7 Å². The molecule has 2 aromatic carbocycles. The first-order valence-electron chi connectivity index (χ1n) is 13.4. The van der Waals surface area contributed by atoms with Crippen molar-refractivity contribution >= 4 is 39.4 Å². The van der Waals surface area contributed by atoms with Crippen LogP contribution < -0.4 is 21.1 Å². The summed E-state index contributed by atoms with van der Waals surface area (Å²) in [5.74, 6) is -2.35. The Morgan fingerprint density at radius 1 is 1.00 bits per heavy atom. The van der Waals surface area contributed by atoms with E-state index in [1.165, 1.54) is 37.4 Å². The number of methoxy groups -OCH3 is 1. The Hall–Kier alpha value is -4.78. The minimum atomic E-state index is -4.21. The molecule has 1 atom stereocenters. The van der Waals surface area contributed by atoms with E-state index in [-0.39, 0.29) is 51.1 Å². The number of aromatic nitrogens is 1. The van der Waals surface area contributed by atoms with Gasteiger partial charge in [0.05, 0.1) is 18.9 Å². The van der Waals surface area contributed by atoms with Crippen LogP contribution in [0.4, 0.5) is 5.69 Å². The van der Waals surface area contributed by atoms with E-state index >= 15 is 0 Å². The fraction of sp³-hybridized carbons (Fsp3) is 0.300. The molecule has 0 spiro atoms. The number of nitrogen functional groups attached to an aromatic ring is 1. The van der Waals surface area contributed by atoms with Gasteiger partial charge in [-0.05, 0) is 66.3 Å². The Balaban J connectivity index is 1.77. The molecule has 0 saturated heterocycles. The number of amides is 2. The van der Waals surface area contributed by atoms with Crippen LogP contribution in [0.2, 0.25) is 0 Å². The number of hydrogen-bond acceptors (Lipinski definition) is 9. The molecule has 0 bridgehead atoms. The predicted octanol–water partition coefficient (Wildman–Crippen LogP) is 3.72. The maximum absolute atomic E-state index is 13.5. The number of anilines is 1. The fourth-order valence-corrected chi connectivity index (χ4v) is 5.34. The monoisotopic (exact) mass is 607 g/mol. The van der Waals surface area contributed by atoms with Crippen molar-refractivity contribution in [1.29, 1.82) is 5.41 Å². The van der Waals surface area contributed by atoms with Crippen LogP contribution in [0.15, 0.2) is 54.6 Å². The molecule has 226 valence electrons. The van der Waals surface area contributed by atoms with Crippen molar-refractivity contribution in [2.24, 2.45) is 11.1 Å². The molecule has 0 unspecified atom stereocenters. The maximum atomic E-state index is 13.5. The highest BCUT2D eigenvalue weighted by molar-refractivity contribution is 7.86. The summed E-state index contributed by atoms with van der Waals surface area (Å²) >= 11 is 0. The summed E-state index contributed by atoms with van der Waals surface area (Å²) in [7, 11) is -2.84. The molecule has 4 rings (SSSR count). The maximum Gasteiger partial charge on any atom is 0.354 e. The number of nitrogens with zero attached hydrogens (tertiary/aromatic N) is 1. The number of ether oxygens (including phenoxy) is 1. The molecular formula is C30H33N5O7S. The highest BCUT2D eigenvalue weighted by atomic mass is 32.2. The van der Waals surface area contributed by atoms with Crippen LogP contribution in [0.1, 0.15) is 69.9 Å². The summed E-state index contributed by atoms with van der Waals surface area (Å²) in [6, 6.07) is 13.3. The zero-order valence-electron chi connectivity index (χ0n) is 24.2. The number of carbonyl (C=O) groups is 3. The van der Waals surface area contributed by atoms with Gasteiger partial charge in [-0.15, -0.1) is 0 Å². The van der Waals surface area contributed by atoms with Crippen molar-refractivity contribution in [2.45, 2.75) is 39.2 Å². The molecule has 0 aliphatic heterocycles. The fourth-order valence-electron chi connectivity index (χ4n) is 4.98. The molecule has 13 heteroatoms. The van der Waals surface area contributed by atoms with E-state index in [1.807, 2.05) is 0 Å². The van der Waals surface area contributed by atoms with Crippen molar-refractivity contribution < 1.29 is 31.7 Å². The smallest absolute Gasteiger partial charge is 0.354 e. The zero-order valence-corrected chi connectivity index (χ0v) is 25.0. The average molecular weight is 608 g/mol. The molecule has 1 fully saturated rings. The van der Waals surface area contributed by atoms with Crippen LogP contribution in [0.5, 0.6) is 5.88 Å². The van der Waals surface area contributed by atoms with Crippen molar-refractivity contribution in [3.63, 3.8) is 0 Å². The minimum Gasteiger partial charge on any atom is -0.481 e. The van der Waals surface area contributed by atoms with E-state index in [2.05, 4.69) is 33.6 Å². The van der Waals surface area contributed by atoms with E-state index in [0.717, 1.165) is 25.5 Å². The van der Waals surface area contributed by atoms with Gasteiger partial charge in [0.15, 0.2) is 0 Å². The largest absolute Gasteiger partial charge is 0.481 e. The van der Waals surface area contributed by atoms with Crippen LogP contribution in [-0.2, 0) is 14.3 Å². The lowest BCUT2D eigenvalue weighted by molar-refractivity contribution is 0.0748. The topological polar surface area (TPSA) is 191 Å². The number of rotatable bonds is 9. The third-order valence-corrected chi connectivity index (χ3v) is 7.78. The van der Waals surface area contributed by atoms with Gasteiger partial charge in [0.25, 0.3) is 11.8 Å². The zero-order chi connectivity index (χ0) is 31.5. The van der Waals surface area contributed by atoms with Gasteiger partial charge >= 0.3 is 16.1 Å². The van der Waals surface area contributed by atoms with Gasteiger partial charge in [0, 0.05) is 34.5 Å². The van der Waals surface area contributed by atoms with E-state index < -0.39 is 27.9 Å². The summed E-state index contributed by atoms with van der Waals surface area (Å²) < 4.78 is 33.6. The van der Waals surface area contributed by atoms with Crippen molar-refractivity contribution in [1.82, 2.24) is 10.3 Å². The van der Waals surface area contributed by atoms with Crippen LogP contribution in [0.3, 0.4) is 0 Å². The number of amidine groups is 1. The van der Waals surface area contributed by atoms with Crippen LogP contribution in [-0.4, -0.2) is 56.4 Å². The Kier molecular flexibility index (Phi) is 8.85. The van der Waals surface area contributed by atoms with Gasteiger partial charge in [-0.25, -0.2) is 9.78 Å². The number of pyridine rings is 1. The molecule has 2 amide bonds. The molecule has 0 radical (unpaired) electrons. The van der Waals surface area contributed by atoms with Crippen molar-refractivity contribution in [3.05, 3.63) is 77.0 Å². The number of nitrogens with two attached hydrogens (primary N) is 1. The lowest BCUT2D eigenvalue weighted by Gasteiger charge is -2.28. The second-order valence-corrected chi connectivity index (χ2v) is 12.5. The lowest BCUT2D eigenvalue weighted by atomic mass is 9.87. The Labute approximate surface area is 249 Å². The van der Waals surface area contributed by atoms with Gasteiger partial charge in [-0.2, -0.15) is 8.42 Å². The normalized spacial score (nSPS) is 15.8. The Morgan fingerprint density at radius 2 is 1.65 bits per heavy atom. The number of benzene rings is 2. The molecule has 1 aromatic heterocycles. The van der Waals surface area contributed by atoms with Crippen LogP contribution in [0, 0.1) is 10.8 Å². The van der Waals surface area contributed by atoms with Gasteiger partial charge in [0.2, 0.25) is 5.88 Å². The molecule has 1 aliphatic carbocycles. The number of nitrogens with one attached hydrogen (secondary N) is 3. The van der Waals surface area contributed by atoms with Gasteiger partial charge in [-0.3, -0.25) is 15.0 Å². The first-order valence-corrected chi connectivity index (χ1v) is 15.2. The van der Waals surface area contributed by atoms with E-state index in [0.29, 0.717) is 11.3 Å². The predicted molar refractivity (Wildman–Crippen MR) is 161 cm³/mol. The SMILES string of the molecule is COc1ccc(-c2ccc(C(=O)N[C@@H]3CCCC3(C)C)cc2C(=O)OS(C)(=O)=O)c(C(=O)Nc2ccc(C(=N)N)cc2)n1. The quantitative estimate of drug-likeness (QED) is 0.159. The molecular weight excluding hydrogens is 574 g/mol. The highest BCUT2D eigenvalue weighted by Crippen LogP contribution is 2.37. The summed E-state index contributed by atoms with van der Waals surface area (Å²) in [4.78, 5) is 44.1. The summed E-state index contributed by atoms with van der Waals surface area (Å²) in [6.45, 7) is 4.15. The van der Waals surface area contributed by atoms with Crippen LogP contribution >= 0.6 is 0 Å². The summed E-state index contributed by atoms with van der Waals surface area (Å²) in [5.41, 5.74) is 6.23. The lowest BCUT2D eigenvalue weighted by Crippen LogP contribution is -2.41. The van der Waals surface area contributed by atoms with Gasteiger partial charge in [-0.1, -0.05) is 26.3 Å². The first kappa shape index (κ1) is 31.2. The minimum absolute atomic E-state index is 0.0725. The van der Waals surface area contributed by atoms with E-state index in [4.69, 9.17) is 15.9 Å². The van der Waals surface area contributed by atoms with E-state index in [1.54, 1.807) is 24.3 Å². The molecule has 1 heterocycles. The summed E-state index contributed by atoms with van der Waals surface area (Å²) in [6.07, 6.45) is 3.47. The van der Waals surface area contributed by atoms with Gasteiger partial charge < -0.3 is 25.3 Å². The molecule has 1 aliphatic rings. The molecule has 1 saturated carbocycles. The van der Waals surface area contributed by atoms with E-state index in [9.17, 15) is 22.8 Å². The standard InChI is InChI=1S/C30H33N5O7S/c1-30(2)15-5-6-23(30)34-27(36)18-9-12-20(22(16-18)29(38)42-43(4,39)40)21-13-14-24(41-3)35-25(21)28(37)33-19-10-7-17(8-11-19)26(31)32/h7-14,16,23H,5-6,15H2,1-4H3,(H3,31,32)(H,33,37)(H,34,36)/t23-/m1/s1. The number of carbonyl (C=O) groups excluding carboxylic acids is 3. The first-order chi connectivity index (χ1) is 20.2. The molecule has 3 aromatic rings. The second-order valence-electron chi connectivity index (χ2n) is 10.9. The molecule has 12 nitrogen and oxygen atoms in total. The van der Waals surface area contributed by atoms with Crippen molar-refractivity contribution in [3.8, 4) is 17.0 Å². The van der Waals surface area contributed by atoms with Gasteiger partial charge in [0.1, 0.15) is 11.5 Å². The molecule has 5 N–H and O–H groups in total. The average Bonchev–Trinajstić information content (AvgIpc) is 3.28. The Morgan fingerprint density at radius 3 is 2.23 bits per heavy atom. The third-order valence-electron chi connectivity index (χ3n) is 7.33. The number of hydrogen-bond donors (Lipinski definition) is 4. The summed E-state index contributed by atoms with van der Waals surface area (Å²) in [5, 5.41) is 13.3. The Bertz CT molecular complexity index is 1700.